The molecule has 0 amide bonds. The maximum Gasteiger partial charge on any atom is 0.188 e. The van der Waals surface area contributed by atoms with Crippen LogP contribution in [0.2, 0.25) is 0 Å². The number of hydrogen-bond donors (Lipinski definition) is 1. The average molecular weight is 241 g/mol. The Morgan fingerprint density at radius 3 is 2.71 bits per heavy atom. The van der Waals surface area contributed by atoms with Crippen molar-refractivity contribution in [3.8, 4) is 0 Å². The number of aromatic nitrogens is 3. The second-order valence-electron chi connectivity index (χ2n) is 3.90. The molecule has 0 aliphatic rings. The molecule has 0 N–H and O–H groups in total. The molecule has 1 aromatic heterocycles. The number of benzene rings is 2. The maximum atomic E-state index is 4.26. The molecule has 0 atom stereocenters. The van der Waals surface area contributed by atoms with E-state index in [-0.39, 0.29) is 0 Å². The van der Waals surface area contributed by atoms with Crippen molar-refractivity contribution in [1.82, 2.24) is 14.8 Å². The van der Waals surface area contributed by atoms with Crippen LogP contribution in [0.5, 0.6) is 0 Å². The zero-order chi connectivity index (χ0) is 11.7. The van der Waals surface area contributed by atoms with E-state index in [1.165, 1.54) is 16.3 Å². The highest BCUT2D eigenvalue weighted by Crippen LogP contribution is 2.19. The molecule has 1 heterocycles. The predicted molar refractivity (Wildman–Crippen MR) is 70.3 cm³/mol. The lowest BCUT2D eigenvalue weighted by atomic mass is 10.0. The molecule has 0 aliphatic carbocycles. The van der Waals surface area contributed by atoms with Gasteiger partial charge >= 0.3 is 0 Å². The van der Waals surface area contributed by atoms with E-state index in [0.29, 0.717) is 5.16 Å². The van der Waals surface area contributed by atoms with Crippen molar-refractivity contribution in [3.05, 3.63) is 54.4 Å². The Bertz CT molecular complexity index is 655. The van der Waals surface area contributed by atoms with Gasteiger partial charge in [0.1, 0.15) is 6.33 Å². The number of rotatable bonds is 2. The summed E-state index contributed by atoms with van der Waals surface area (Å²) < 4.78 is 1.92. The molecule has 0 saturated heterocycles. The van der Waals surface area contributed by atoms with E-state index in [0.717, 1.165) is 6.54 Å². The summed E-state index contributed by atoms with van der Waals surface area (Å²) in [7, 11) is 0. The second kappa shape index (κ2) is 4.22. The van der Waals surface area contributed by atoms with Crippen molar-refractivity contribution in [2.24, 2.45) is 0 Å². The molecule has 0 fully saturated rings. The van der Waals surface area contributed by atoms with Crippen LogP contribution < -0.4 is 0 Å². The molecule has 0 aliphatic heterocycles. The van der Waals surface area contributed by atoms with Gasteiger partial charge in [-0.05, 0) is 16.3 Å². The Morgan fingerprint density at radius 2 is 1.88 bits per heavy atom. The smallest absolute Gasteiger partial charge is 0.188 e. The fourth-order valence-electron chi connectivity index (χ4n) is 1.97. The normalized spacial score (nSPS) is 10.9. The van der Waals surface area contributed by atoms with E-state index >= 15 is 0 Å². The summed E-state index contributed by atoms with van der Waals surface area (Å²) in [6, 6.07) is 14.7. The monoisotopic (exact) mass is 241 g/mol. The minimum atomic E-state index is 0.637. The van der Waals surface area contributed by atoms with Crippen molar-refractivity contribution in [3.63, 3.8) is 0 Å². The van der Waals surface area contributed by atoms with Crippen LogP contribution >= 0.6 is 12.6 Å². The van der Waals surface area contributed by atoms with Crippen LogP contribution in [0.15, 0.2) is 53.9 Å². The molecule has 0 saturated carbocycles. The van der Waals surface area contributed by atoms with E-state index in [2.05, 4.69) is 65.3 Å². The van der Waals surface area contributed by atoms with Crippen molar-refractivity contribution in [1.29, 1.82) is 0 Å². The highest BCUT2D eigenvalue weighted by molar-refractivity contribution is 7.80. The molecule has 17 heavy (non-hydrogen) atoms. The van der Waals surface area contributed by atoms with E-state index in [9.17, 15) is 0 Å². The molecule has 4 heteroatoms. The first-order chi connectivity index (χ1) is 8.34. The van der Waals surface area contributed by atoms with Gasteiger partial charge in [-0.15, -0.1) is 22.8 Å². The van der Waals surface area contributed by atoms with Crippen LogP contribution in [0.3, 0.4) is 0 Å². The molecule has 0 spiro atoms. The summed E-state index contributed by atoms with van der Waals surface area (Å²) >= 11 is 4.26. The van der Waals surface area contributed by atoms with Crippen LogP contribution in [0.25, 0.3) is 10.8 Å². The standard InChI is InChI=1S/C13H11N3S/c17-13-15-14-9-16(13)8-11-6-3-5-10-4-1-2-7-12(10)11/h1-7,9H,8H2,(H,15,17). The Morgan fingerprint density at radius 1 is 1.06 bits per heavy atom. The Hall–Kier alpha value is -1.81. The first kappa shape index (κ1) is 10.4. The third-order valence-corrected chi connectivity index (χ3v) is 3.16. The van der Waals surface area contributed by atoms with Gasteiger partial charge in [0.15, 0.2) is 5.16 Å². The van der Waals surface area contributed by atoms with Gasteiger partial charge in [-0.25, -0.2) is 0 Å². The molecule has 0 unspecified atom stereocenters. The Labute approximate surface area is 105 Å². The minimum Gasteiger partial charge on any atom is -0.304 e. The van der Waals surface area contributed by atoms with Gasteiger partial charge in [0.05, 0.1) is 6.54 Å². The molecule has 3 aromatic rings. The van der Waals surface area contributed by atoms with Gasteiger partial charge in [0, 0.05) is 0 Å². The number of hydrogen-bond acceptors (Lipinski definition) is 3. The van der Waals surface area contributed by atoms with Crippen LogP contribution in [0.1, 0.15) is 5.56 Å². The maximum absolute atomic E-state index is 4.26. The molecule has 84 valence electrons. The summed E-state index contributed by atoms with van der Waals surface area (Å²) in [5.74, 6) is 0. The van der Waals surface area contributed by atoms with E-state index in [1.807, 2.05) is 4.57 Å². The Balaban J connectivity index is 2.09. The predicted octanol–water partition coefficient (Wildman–Crippen LogP) is 2.77. The number of thiol groups is 1. The lowest BCUT2D eigenvalue weighted by molar-refractivity contribution is 0.715. The lowest BCUT2D eigenvalue weighted by Gasteiger charge is -2.07. The molecular formula is C13H11N3S. The minimum absolute atomic E-state index is 0.637. The zero-order valence-corrected chi connectivity index (χ0v) is 10.0. The van der Waals surface area contributed by atoms with Crippen molar-refractivity contribution in [2.75, 3.05) is 0 Å². The van der Waals surface area contributed by atoms with Crippen molar-refractivity contribution >= 4 is 23.4 Å². The largest absolute Gasteiger partial charge is 0.304 e. The van der Waals surface area contributed by atoms with Crippen LogP contribution in [0, 0.1) is 0 Å². The quantitative estimate of drug-likeness (QED) is 0.699. The summed E-state index contributed by atoms with van der Waals surface area (Å²) in [6.07, 6.45) is 1.70. The fourth-order valence-corrected chi connectivity index (χ4v) is 2.15. The molecule has 2 aromatic carbocycles. The van der Waals surface area contributed by atoms with E-state index in [4.69, 9.17) is 0 Å². The van der Waals surface area contributed by atoms with Crippen LogP contribution in [-0.4, -0.2) is 14.8 Å². The number of fused-ring (bicyclic) bond motifs is 1. The van der Waals surface area contributed by atoms with Gasteiger partial charge in [-0.2, -0.15) is 0 Å². The summed E-state index contributed by atoms with van der Waals surface area (Å²) in [6.45, 7) is 0.743. The van der Waals surface area contributed by atoms with Crippen LogP contribution in [-0.2, 0) is 6.54 Å². The summed E-state index contributed by atoms with van der Waals surface area (Å²) in [5, 5.41) is 10.9. The molecule has 3 nitrogen and oxygen atoms in total. The average Bonchev–Trinajstić information content (AvgIpc) is 2.76. The third-order valence-electron chi connectivity index (χ3n) is 2.82. The van der Waals surface area contributed by atoms with Crippen molar-refractivity contribution < 1.29 is 0 Å². The van der Waals surface area contributed by atoms with Gasteiger partial charge < -0.3 is 4.57 Å². The molecule has 3 rings (SSSR count). The van der Waals surface area contributed by atoms with Gasteiger partial charge in [0.2, 0.25) is 0 Å². The summed E-state index contributed by atoms with van der Waals surface area (Å²) in [4.78, 5) is 0. The first-order valence-corrected chi connectivity index (χ1v) is 5.83. The van der Waals surface area contributed by atoms with E-state index in [1.54, 1.807) is 6.33 Å². The topological polar surface area (TPSA) is 30.7 Å². The summed E-state index contributed by atoms with van der Waals surface area (Å²) in [5.41, 5.74) is 1.25. The Kier molecular flexibility index (Phi) is 2.57. The molecule has 0 bridgehead atoms. The van der Waals surface area contributed by atoms with Gasteiger partial charge in [-0.1, -0.05) is 42.5 Å². The molecular weight excluding hydrogens is 230 g/mol. The van der Waals surface area contributed by atoms with Crippen molar-refractivity contribution in [2.45, 2.75) is 11.7 Å². The lowest BCUT2D eigenvalue weighted by Crippen LogP contribution is -1.99. The zero-order valence-electron chi connectivity index (χ0n) is 9.11. The van der Waals surface area contributed by atoms with Gasteiger partial charge in [-0.3, -0.25) is 0 Å². The highest BCUT2D eigenvalue weighted by Gasteiger charge is 2.03. The number of nitrogens with zero attached hydrogens (tertiary/aromatic N) is 3. The molecule has 0 radical (unpaired) electrons. The van der Waals surface area contributed by atoms with Crippen LogP contribution in [0.4, 0.5) is 0 Å². The fraction of sp³-hybridized carbons (Fsp3) is 0.0769. The third kappa shape index (κ3) is 1.91. The SMILES string of the molecule is Sc1nncn1Cc1cccc2ccccc12. The first-order valence-electron chi connectivity index (χ1n) is 5.38. The van der Waals surface area contributed by atoms with E-state index < -0.39 is 0 Å². The second-order valence-corrected chi connectivity index (χ2v) is 4.30. The van der Waals surface area contributed by atoms with Gasteiger partial charge in [0.25, 0.3) is 0 Å². The highest BCUT2D eigenvalue weighted by atomic mass is 32.1.